The zero-order valence-corrected chi connectivity index (χ0v) is 14.7. The van der Waals surface area contributed by atoms with Crippen molar-refractivity contribution in [2.24, 2.45) is 4.99 Å². The van der Waals surface area contributed by atoms with Crippen molar-refractivity contribution in [1.29, 1.82) is 0 Å². The molecule has 0 saturated carbocycles. The first-order valence-electron chi connectivity index (χ1n) is 7.78. The average molecular weight is 370 g/mol. The maximum absolute atomic E-state index is 13.6. The molecule has 2 aromatic carbocycles. The molecule has 1 heterocycles. The van der Waals surface area contributed by atoms with E-state index in [4.69, 9.17) is 4.74 Å². The molecule has 1 aliphatic rings. The summed E-state index contributed by atoms with van der Waals surface area (Å²) in [7, 11) is 0. The van der Waals surface area contributed by atoms with E-state index in [0.29, 0.717) is 16.2 Å². The van der Waals surface area contributed by atoms with Gasteiger partial charge in [-0.15, -0.1) is 0 Å². The van der Waals surface area contributed by atoms with Crippen molar-refractivity contribution in [3.63, 3.8) is 0 Å². The molecule has 0 spiro atoms. The van der Waals surface area contributed by atoms with E-state index >= 15 is 0 Å². The highest BCUT2D eigenvalue weighted by Crippen LogP contribution is 2.28. The highest BCUT2D eigenvalue weighted by atomic mass is 32.2. The molecule has 132 valence electrons. The Balaban J connectivity index is 1.62. The van der Waals surface area contributed by atoms with Crippen molar-refractivity contribution in [3.8, 4) is 5.75 Å². The van der Waals surface area contributed by atoms with Gasteiger partial charge in [0.1, 0.15) is 18.2 Å². The first-order chi connectivity index (χ1) is 12.5. The molecule has 0 saturated heterocycles. The number of thioether (sulfide) groups is 1. The Hall–Kier alpha value is -2.93. The minimum absolute atomic E-state index is 0.134. The maximum atomic E-state index is 13.6. The van der Waals surface area contributed by atoms with Crippen molar-refractivity contribution < 1.29 is 18.7 Å². The SMILES string of the molecule is CC(=O)NC1=NC(=O)/C(=C\c2ccc(OCc3ccccc3F)cc2)S1. The second-order valence-corrected chi connectivity index (χ2v) is 6.49. The van der Waals surface area contributed by atoms with Gasteiger partial charge in [0.05, 0.1) is 4.91 Å². The number of hydrogen-bond acceptors (Lipinski definition) is 4. The Morgan fingerprint density at radius 1 is 1.23 bits per heavy atom. The summed E-state index contributed by atoms with van der Waals surface area (Å²) in [6, 6.07) is 13.5. The molecule has 2 amide bonds. The van der Waals surface area contributed by atoms with Crippen LogP contribution in [0.3, 0.4) is 0 Å². The van der Waals surface area contributed by atoms with Crippen LogP contribution in [0, 0.1) is 5.82 Å². The summed E-state index contributed by atoms with van der Waals surface area (Å²) in [5.74, 6) is -0.378. The Bertz CT molecular complexity index is 907. The summed E-state index contributed by atoms with van der Waals surface area (Å²) in [5.41, 5.74) is 1.27. The number of ether oxygens (including phenoxy) is 1. The summed E-state index contributed by atoms with van der Waals surface area (Å²) in [6.45, 7) is 1.49. The number of halogens is 1. The van der Waals surface area contributed by atoms with Gasteiger partial charge in [0, 0.05) is 12.5 Å². The summed E-state index contributed by atoms with van der Waals surface area (Å²) < 4.78 is 19.1. The second kappa shape index (κ2) is 7.97. The highest BCUT2D eigenvalue weighted by molar-refractivity contribution is 8.18. The van der Waals surface area contributed by atoms with Crippen LogP contribution in [0.25, 0.3) is 6.08 Å². The fourth-order valence-electron chi connectivity index (χ4n) is 2.20. The molecule has 0 atom stereocenters. The van der Waals surface area contributed by atoms with Crippen molar-refractivity contribution in [2.45, 2.75) is 13.5 Å². The zero-order chi connectivity index (χ0) is 18.5. The van der Waals surface area contributed by atoms with Gasteiger partial charge in [-0.25, -0.2) is 4.39 Å². The number of amidine groups is 1. The quantitative estimate of drug-likeness (QED) is 0.837. The largest absolute Gasteiger partial charge is 0.489 e. The minimum atomic E-state index is -0.390. The molecule has 0 aliphatic carbocycles. The van der Waals surface area contributed by atoms with Gasteiger partial charge < -0.3 is 10.1 Å². The van der Waals surface area contributed by atoms with E-state index < -0.39 is 5.91 Å². The van der Waals surface area contributed by atoms with Gasteiger partial charge in [-0.1, -0.05) is 30.3 Å². The molecule has 5 nitrogen and oxygen atoms in total. The number of nitrogens with one attached hydrogen (secondary N) is 1. The number of hydrogen-bond donors (Lipinski definition) is 1. The van der Waals surface area contributed by atoms with Gasteiger partial charge in [0.2, 0.25) is 5.91 Å². The number of carbonyl (C=O) groups is 2. The topological polar surface area (TPSA) is 67.8 Å². The van der Waals surface area contributed by atoms with Crippen molar-refractivity contribution >= 4 is 34.8 Å². The van der Waals surface area contributed by atoms with Crippen LogP contribution in [0.5, 0.6) is 5.75 Å². The normalized spacial score (nSPS) is 15.1. The number of aliphatic imine (C=N–C) groups is 1. The highest BCUT2D eigenvalue weighted by Gasteiger charge is 2.22. The summed E-state index contributed by atoms with van der Waals surface area (Å²) in [6.07, 6.45) is 1.69. The predicted molar refractivity (Wildman–Crippen MR) is 99.0 cm³/mol. The van der Waals surface area contributed by atoms with E-state index in [1.807, 2.05) is 0 Å². The number of amides is 2. The van der Waals surface area contributed by atoms with Gasteiger partial charge in [-0.3, -0.25) is 9.59 Å². The van der Waals surface area contributed by atoms with E-state index in [1.54, 1.807) is 48.5 Å². The number of nitrogens with zero attached hydrogens (tertiary/aromatic N) is 1. The molecule has 0 aromatic heterocycles. The number of benzene rings is 2. The van der Waals surface area contributed by atoms with Crippen molar-refractivity contribution in [2.75, 3.05) is 0 Å². The van der Waals surface area contributed by atoms with Crippen LogP contribution in [0.2, 0.25) is 0 Å². The molecule has 26 heavy (non-hydrogen) atoms. The molecule has 1 aliphatic heterocycles. The fraction of sp³-hybridized carbons (Fsp3) is 0.105. The monoisotopic (exact) mass is 370 g/mol. The molecule has 7 heteroatoms. The predicted octanol–water partition coefficient (Wildman–Crippen LogP) is 3.51. The first kappa shape index (κ1) is 17.9. The standard InChI is InChI=1S/C19H15FN2O3S/c1-12(23)21-19-22-18(24)17(26-19)10-13-6-8-15(9-7-13)25-11-14-4-2-3-5-16(14)20/h2-10H,11H2,1H3,(H,21,22,23,24)/b17-10+. The van der Waals surface area contributed by atoms with E-state index in [-0.39, 0.29) is 23.5 Å². The van der Waals surface area contributed by atoms with Gasteiger partial charge in [-0.2, -0.15) is 4.99 Å². The Kier molecular flexibility index (Phi) is 5.48. The van der Waals surface area contributed by atoms with Crippen molar-refractivity contribution in [3.05, 3.63) is 70.4 Å². The van der Waals surface area contributed by atoms with Crippen LogP contribution in [0.1, 0.15) is 18.1 Å². The maximum Gasteiger partial charge on any atom is 0.286 e. The molecule has 0 fully saturated rings. The van der Waals surface area contributed by atoms with E-state index in [0.717, 1.165) is 17.3 Å². The van der Waals surface area contributed by atoms with E-state index in [2.05, 4.69) is 10.3 Å². The summed E-state index contributed by atoms with van der Waals surface area (Å²) in [5, 5.41) is 2.77. The van der Waals surface area contributed by atoms with Crippen LogP contribution in [0.15, 0.2) is 58.4 Å². The van der Waals surface area contributed by atoms with Crippen LogP contribution in [-0.4, -0.2) is 17.0 Å². The number of carbonyl (C=O) groups excluding carboxylic acids is 2. The molecular formula is C19H15FN2O3S. The lowest BCUT2D eigenvalue weighted by atomic mass is 10.2. The van der Waals surface area contributed by atoms with Crippen LogP contribution in [-0.2, 0) is 16.2 Å². The Morgan fingerprint density at radius 3 is 2.65 bits per heavy atom. The zero-order valence-electron chi connectivity index (χ0n) is 13.9. The molecule has 0 bridgehead atoms. The van der Waals surface area contributed by atoms with Gasteiger partial charge in [-0.05, 0) is 41.6 Å². The van der Waals surface area contributed by atoms with Crippen LogP contribution in [0.4, 0.5) is 4.39 Å². The lowest BCUT2D eigenvalue weighted by molar-refractivity contribution is -0.117. The van der Waals surface area contributed by atoms with E-state index in [9.17, 15) is 14.0 Å². The molecule has 2 aromatic rings. The Labute approximate surface area is 154 Å². The molecule has 0 radical (unpaired) electrons. The lowest BCUT2D eigenvalue weighted by Gasteiger charge is -2.07. The third-order valence-electron chi connectivity index (χ3n) is 3.43. The van der Waals surface area contributed by atoms with Crippen LogP contribution >= 0.6 is 11.8 Å². The molecule has 0 unspecified atom stereocenters. The first-order valence-corrected chi connectivity index (χ1v) is 8.59. The molecular weight excluding hydrogens is 355 g/mol. The molecule has 1 N–H and O–H groups in total. The fourth-order valence-corrected chi connectivity index (χ4v) is 3.06. The van der Waals surface area contributed by atoms with Gasteiger partial charge in [0.15, 0.2) is 5.17 Å². The average Bonchev–Trinajstić information content (AvgIpc) is 2.94. The van der Waals surface area contributed by atoms with Gasteiger partial charge in [0.25, 0.3) is 5.91 Å². The van der Waals surface area contributed by atoms with Crippen LogP contribution < -0.4 is 10.1 Å². The number of rotatable bonds is 4. The van der Waals surface area contributed by atoms with Crippen molar-refractivity contribution in [1.82, 2.24) is 5.32 Å². The second-order valence-electron chi connectivity index (χ2n) is 5.46. The van der Waals surface area contributed by atoms with Gasteiger partial charge >= 0.3 is 0 Å². The van der Waals surface area contributed by atoms with E-state index in [1.165, 1.54) is 13.0 Å². The summed E-state index contributed by atoms with van der Waals surface area (Å²) in [4.78, 5) is 27.1. The third kappa shape index (κ3) is 4.58. The third-order valence-corrected chi connectivity index (χ3v) is 4.33. The lowest BCUT2D eigenvalue weighted by Crippen LogP contribution is -2.23. The summed E-state index contributed by atoms with van der Waals surface area (Å²) >= 11 is 1.11. The smallest absolute Gasteiger partial charge is 0.286 e. The molecule has 3 rings (SSSR count). The minimum Gasteiger partial charge on any atom is -0.489 e. The Morgan fingerprint density at radius 2 is 1.96 bits per heavy atom.